The Bertz CT molecular complexity index is 545. The van der Waals surface area contributed by atoms with Crippen LogP contribution in [0.4, 0.5) is 5.69 Å². The molecular formula is C15H15NO2. The molecule has 18 heavy (non-hydrogen) atoms. The Hall–Kier alpha value is -2.03. The Balaban J connectivity index is 2.03. The number of benzene rings is 1. The van der Waals surface area contributed by atoms with Crippen molar-refractivity contribution in [1.82, 2.24) is 0 Å². The van der Waals surface area contributed by atoms with Crippen LogP contribution in [0.5, 0.6) is 0 Å². The topological polar surface area (TPSA) is 38.3 Å². The van der Waals surface area contributed by atoms with Crippen LogP contribution in [0.3, 0.4) is 0 Å². The second kappa shape index (κ2) is 4.33. The van der Waals surface area contributed by atoms with Crippen LogP contribution in [-0.4, -0.2) is 19.1 Å². The number of rotatable bonds is 1. The Morgan fingerprint density at radius 1 is 1.39 bits per heavy atom. The van der Waals surface area contributed by atoms with Crippen molar-refractivity contribution in [3.8, 4) is 0 Å². The van der Waals surface area contributed by atoms with E-state index in [-0.39, 0.29) is 17.9 Å². The second-order valence-corrected chi connectivity index (χ2v) is 4.54. The number of nitrogens with one attached hydrogen (secondary N) is 1. The zero-order chi connectivity index (χ0) is 12.5. The molecule has 1 aromatic carbocycles. The SMILES string of the molecule is COC(=O)[C@@H]1C=CCC=C2c3ccccc3N[C@@H]21. The smallest absolute Gasteiger partial charge is 0.314 e. The molecular weight excluding hydrogens is 226 g/mol. The summed E-state index contributed by atoms with van der Waals surface area (Å²) in [5.74, 6) is -0.444. The Morgan fingerprint density at radius 3 is 3.06 bits per heavy atom. The zero-order valence-electron chi connectivity index (χ0n) is 10.2. The molecule has 0 spiro atoms. The van der Waals surface area contributed by atoms with E-state index < -0.39 is 0 Å². The molecule has 3 rings (SSSR count). The molecule has 0 saturated heterocycles. The maximum absolute atomic E-state index is 11.9. The van der Waals surface area contributed by atoms with Gasteiger partial charge in [0.1, 0.15) is 0 Å². The number of carbonyl (C=O) groups is 1. The summed E-state index contributed by atoms with van der Waals surface area (Å²) in [6, 6.07) is 8.15. The van der Waals surface area contributed by atoms with E-state index in [2.05, 4.69) is 17.5 Å². The fourth-order valence-electron chi connectivity index (χ4n) is 2.68. The first-order valence-corrected chi connectivity index (χ1v) is 6.12. The summed E-state index contributed by atoms with van der Waals surface area (Å²) in [6.07, 6.45) is 7.01. The number of fused-ring (bicyclic) bond motifs is 3. The molecule has 0 saturated carbocycles. The standard InChI is InChI=1S/C15H15NO2/c1-18-15(17)12-8-3-2-7-11-10-6-4-5-9-13(10)16-14(11)12/h3-9,12,14,16H,2H2,1H3/t12-,14+/m1/s1. The number of ether oxygens (including phenoxy) is 1. The highest BCUT2D eigenvalue weighted by Crippen LogP contribution is 2.40. The van der Waals surface area contributed by atoms with E-state index in [4.69, 9.17) is 4.74 Å². The van der Waals surface area contributed by atoms with Gasteiger partial charge in [-0.1, -0.05) is 36.4 Å². The molecule has 0 radical (unpaired) electrons. The zero-order valence-corrected chi connectivity index (χ0v) is 10.2. The Morgan fingerprint density at radius 2 is 2.22 bits per heavy atom. The lowest BCUT2D eigenvalue weighted by Crippen LogP contribution is -2.31. The van der Waals surface area contributed by atoms with Crippen LogP contribution in [0.1, 0.15) is 12.0 Å². The van der Waals surface area contributed by atoms with Gasteiger partial charge in [0.15, 0.2) is 0 Å². The number of carbonyl (C=O) groups excluding carboxylic acids is 1. The van der Waals surface area contributed by atoms with E-state index >= 15 is 0 Å². The number of hydrogen-bond acceptors (Lipinski definition) is 3. The third-order valence-corrected chi connectivity index (χ3v) is 3.53. The molecule has 1 aliphatic carbocycles. The van der Waals surface area contributed by atoms with Crippen LogP contribution >= 0.6 is 0 Å². The molecule has 3 nitrogen and oxygen atoms in total. The summed E-state index contributed by atoms with van der Waals surface area (Å²) in [4.78, 5) is 11.9. The van der Waals surface area contributed by atoms with Crippen molar-refractivity contribution in [1.29, 1.82) is 0 Å². The van der Waals surface area contributed by atoms with E-state index in [0.717, 1.165) is 12.1 Å². The predicted octanol–water partition coefficient (Wildman–Crippen LogP) is 2.61. The molecule has 3 heteroatoms. The molecule has 0 bridgehead atoms. The number of hydrogen-bond donors (Lipinski definition) is 1. The first-order valence-electron chi connectivity index (χ1n) is 6.12. The number of allylic oxidation sites excluding steroid dienone is 2. The predicted molar refractivity (Wildman–Crippen MR) is 71.1 cm³/mol. The van der Waals surface area contributed by atoms with Crippen molar-refractivity contribution < 1.29 is 9.53 Å². The molecule has 2 atom stereocenters. The minimum absolute atomic E-state index is 0.00593. The number of esters is 1. The molecule has 0 unspecified atom stereocenters. The second-order valence-electron chi connectivity index (χ2n) is 4.54. The van der Waals surface area contributed by atoms with Gasteiger partial charge in [-0.2, -0.15) is 0 Å². The average Bonchev–Trinajstić information content (AvgIpc) is 2.64. The van der Waals surface area contributed by atoms with Gasteiger partial charge in [-0.25, -0.2) is 0 Å². The van der Waals surface area contributed by atoms with Gasteiger partial charge in [0, 0.05) is 11.3 Å². The van der Waals surface area contributed by atoms with Gasteiger partial charge in [0.05, 0.1) is 19.1 Å². The first-order chi connectivity index (χ1) is 8.81. The van der Waals surface area contributed by atoms with E-state index in [1.54, 1.807) is 0 Å². The van der Waals surface area contributed by atoms with Crippen molar-refractivity contribution in [2.45, 2.75) is 12.5 Å². The van der Waals surface area contributed by atoms with Gasteiger partial charge < -0.3 is 10.1 Å². The third-order valence-electron chi connectivity index (χ3n) is 3.53. The minimum Gasteiger partial charge on any atom is -0.468 e. The van der Waals surface area contributed by atoms with Gasteiger partial charge in [0.25, 0.3) is 0 Å². The summed E-state index contributed by atoms with van der Waals surface area (Å²) in [7, 11) is 1.44. The van der Waals surface area contributed by atoms with Crippen molar-refractivity contribution in [3.63, 3.8) is 0 Å². The van der Waals surface area contributed by atoms with Gasteiger partial charge >= 0.3 is 5.97 Å². The van der Waals surface area contributed by atoms with Gasteiger partial charge in [0.2, 0.25) is 0 Å². The van der Waals surface area contributed by atoms with Crippen LogP contribution in [0.25, 0.3) is 5.57 Å². The normalized spacial score (nSPS) is 24.4. The molecule has 0 aromatic heterocycles. The largest absolute Gasteiger partial charge is 0.468 e. The third kappa shape index (κ3) is 1.63. The van der Waals surface area contributed by atoms with Crippen molar-refractivity contribution in [3.05, 3.63) is 48.1 Å². The van der Waals surface area contributed by atoms with Gasteiger partial charge in [-0.05, 0) is 18.1 Å². The minimum atomic E-state index is -0.254. The summed E-state index contributed by atoms with van der Waals surface area (Å²) < 4.78 is 4.89. The monoisotopic (exact) mass is 241 g/mol. The lowest BCUT2D eigenvalue weighted by atomic mass is 9.93. The summed E-state index contributed by atoms with van der Waals surface area (Å²) in [5.41, 5.74) is 3.49. The Labute approximate surface area is 106 Å². The highest BCUT2D eigenvalue weighted by Gasteiger charge is 2.36. The molecule has 0 amide bonds. The molecule has 1 N–H and O–H groups in total. The van der Waals surface area contributed by atoms with Crippen molar-refractivity contribution >= 4 is 17.2 Å². The lowest BCUT2D eigenvalue weighted by molar-refractivity contribution is -0.143. The van der Waals surface area contributed by atoms with Crippen molar-refractivity contribution in [2.24, 2.45) is 5.92 Å². The van der Waals surface area contributed by atoms with Gasteiger partial charge in [-0.15, -0.1) is 0 Å². The molecule has 1 heterocycles. The van der Waals surface area contributed by atoms with Crippen LogP contribution in [-0.2, 0) is 9.53 Å². The van der Waals surface area contributed by atoms with E-state index in [0.29, 0.717) is 0 Å². The van der Waals surface area contributed by atoms with Crippen LogP contribution < -0.4 is 5.32 Å². The van der Waals surface area contributed by atoms with E-state index in [1.807, 2.05) is 30.4 Å². The molecule has 1 aromatic rings. The number of anilines is 1. The highest BCUT2D eigenvalue weighted by molar-refractivity contribution is 5.91. The van der Waals surface area contributed by atoms with Crippen LogP contribution in [0.2, 0.25) is 0 Å². The van der Waals surface area contributed by atoms with Crippen molar-refractivity contribution in [2.75, 3.05) is 12.4 Å². The number of para-hydroxylation sites is 1. The average molecular weight is 241 g/mol. The fourth-order valence-corrected chi connectivity index (χ4v) is 2.68. The molecule has 92 valence electrons. The summed E-state index contributed by atoms with van der Waals surface area (Å²) >= 11 is 0. The maximum atomic E-state index is 11.9. The van der Waals surface area contributed by atoms with Crippen LogP contribution in [0, 0.1) is 5.92 Å². The van der Waals surface area contributed by atoms with E-state index in [9.17, 15) is 4.79 Å². The molecule has 2 aliphatic rings. The fraction of sp³-hybridized carbons (Fsp3) is 0.267. The molecule has 0 fully saturated rings. The number of methoxy groups -OCH3 is 1. The maximum Gasteiger partial charge on any atom is 0.314 e. The van der Waals surface area contributed by atoms with Gasteiger partial charge in [-0.3, -0.25) is 4.79 Å². The Kier molecular flexibility index (Phi) is 2.67. The lowest BCUT2D eigenvalue weighted by Gasteiger charge is -2.19. The first kappa shape index (κ1) is 11.1. The van der Waals surface area contributed by atoms with E-state index in [1.165, 1.54) is 18.2 Å². The highest BCUT2D eigenvalue weighted by atomic mass is 16.5. The van der Waals surface area contributed by atoms with Crippen LogP contribution in [0.15, 0.2) is 42.5 Å². The summed E-state index contributed by atoms with van der Waals surface area (Å²) in [6.45, 7) is 0. The quantitative estimate of drug-likeness (QED) is 0.606. The molecule has 1 aliphatic heterocycles. The summed E-state index contributed by atoms with van der Waals surface area (Å²) in [5, 5.41) is 3.42.